The van der Waals surface area contributed by atoms with E-state index in [1.165, 1.54) is 19.3 Å². The zero-order valence-electron chi connectivity index (χ0n) is 9.43. The quantitative estimate of drug-likeness (QED) is 0.546. The summed E-state index contributed by atoms with van der Waals surface area (Å²) < 4.78 is 5.64. The molecule has 2 heterocycles. The van der Waals surface area contributed by atoms with Crippen molar-refractivity contribution >= 4 is 17.7 Å². The van der Waals surface area contributed by atoms with E-state index in [2.05, 4.69) is 12.2 Å². The maximum Gasteiger partial charge on any atom is 0.310 e. The summed E-state index contributed by atoms with van der Waals surface area (Å²) in [6, 6.07) is 0. The van der Waals surface area contributed by atoms with Gasteiger partial charge in [-0.3, -0.25) is 4.79 Å². The Kier molecular flexibility index (Phi) is 2.97. The highest BCUT2D eigenvalue weighted by atomic mass is 32.2. The standard InChI is InChI=1S/C13H18O2S/c14-13(15-9-4-2-1-3-5-9)11-8-10-6-7-12(11)16-10/h6-7,9-12H,1-5,8H2. The number of fused-ring (bicyclic) bond motifs is 2. The minimum Gasteiger partial charge on any atom is -0.462 e. The second-order valence-corrected chi connectivity index (χ2v) is 6.49. The first-order valence-corrected chi connectivity index (χ1v) is 7.31. The smallest absolute Gasteiger partial charge is 0.310 e. The Morgan fingerprint density at radius 3 is 2.62 bits per heavy atom. The second kappa shape index (κ2) is 4.44. The molecule has 3 atom stereocenters. The first-order chi connectivity index (χ1) is 7.83. The van der Waals surface area contributed by atoms with Gasteiger partial charge in [0.2, 0.25) is 0 Å². The van der Waals surface area contributed by atoms with Gasteiger partial charge in [0.25, 0.3) is 0 Å². The molecule has 2 nitrogen and oxygen atoms in total. The summed E-state index contributed by atoms with van der Waals surface area (Å²) in [6.45, 7) is 0. The molecule has 3 aliphatic rings. The average molecular weight is 238 g/mol. The van der Waals surface area contributed by atoms with Gasteiger partial charge >= 0.3 is 5.97 Å². The lowest BCUT2D eigenvalue weighted by Crippen LogP contribution is -2.29. The van der Waals surface area contributed by atoms with Crippen molar-refractivity contribution in [1.82, 2.24) is 0 Å². The number of hydrogen-bond donors (Lipinski definition) is 0. The van der Waals surface area contributed by atoms with Gasteiger partial charge in [-0.1, -0.05) is 18.6 Å². The van der Waals surface area contributed by atoms with Crippen LogP contribution in [0.4, 0.5) is 0 Å². The maximum atomic E-state index is 12.0. The Morgan fingerprint density at radius 2 is 2.00 bits per heavy atom. The monoisotopic (exact) mass is 238 g/mol. The number of rotatable bonds is 2. The molecule has 0 spiro atoms. The molecule has 1 saturated heterocycles. The lowest BCUT2D eigenvalue weighted by atomic mass is 9.94. The molecule has 16 heavy (non-hydrogen) atoms. The lowest BCUT2D eigenvalue weighted by Gasteiger charge is -2.24. The third-order valence-electron chi connectivity index (χ3n) is 3.87. The van der Waals surface area contributed by atoms with Gasteiger partial charge < -0.3 is 4.74 Å². The zero-order chi connectivity index (χ0) is 11.0. The van der Waals surface area contributed by atoms with Crippen molar-refractivity contribution in [3.05, 3.63) is 12.2 Å². The molecule has 0 aromatic heterocycles. The summed E-state index contributed by atoms with van der Waals surface area (Å²) >= 11 is 1.92. The molecule has 1 saturated carbocycles. The van der Waals surface area contributed by atoms with E-state index in [1.54, 1.807) is 0 Å². The second-order valence-electron chi connectivity index (χ2n) is 5.06. The predicted octanol–water partition coefficient (Wildman–Crippen LogP) is 2.92. The van der Waals surface area contributed by atoms with Crippen molar-refractivity contribution in [3.8, 4) is 0 Å². The summed E-state index contributed by atoms with van der Waals surface area (Å²) in [5.41, 5.74) is 0. The molecule has 88 valence electrons. The van der Waals surface area contributed by atoms with Crippen LogP contribution in [0.25, 0.3) is 0 Å². The van der Waals surface area contributed by atoms with E-state index in [0.717, 1.165) is 19.3 Å². The van der Waals surface area contributed by atoms with E-state index in [9.17, 15) is 4.79 Å². The predicted molar refractivity (Wildman–Crippen MR) is 65.4 cm³/mol. The van der Waals surface area contributed by atoms with Crippen LogP contribution < -0.4 is 0 Å². The highest BCUT2D eigenvalue weighted by molar-refractivity contribution is 8.01. The fraction of sp³-hybridized carbons (Fsp3) is 0.769. The van der Waals surface area contributed by atoms with Crippen LogP contribution in [0.2, 0.25) is 0 Å². The summed E-state index contributed by atoms with van der Waals surface area (Å²) in [5.74, 6) is 0.207. The lowest BCUT2D eigenvalue weighted by molar-refractivity contribution is -0.155. The number of esters is 1. The summed E-state index contributed by atoms with van der Waals surface area (Å²) in [7, 11) is 0. The summed E-state index contributed by atoms with van der Waals surface area (Å²) in [5, 5.41) is 0.981. The van der Waals surface area contributed by atoms with Gasteiger partial charge in [-0.05, 0) is 32.1 Å². The Labute approximate surface area is 101 Å². The molecule has 0 amide bonds. The van der Waals surface area contributed by atoms with Crippen molar-refractivity contribution < 1.29 is 9.53 Å². The van der Waals surface area contributed by atoms with Gasteiger partial charge in [0.15, 0.2) is 0 Å². The molecule has 0 aromatic rings. The number of hydrogen-bond acceptors (Lipinski definition) is 3. The van der Waals surface area contributed by atoms with Crippen LogP contribution in [0.3, 0.4) is 0 Å². The van der Waals surface area contributed by atoms with Crippen molar-refractivity contribution in [3.63, 3.8) is 0 Å². The minimum absolute atomic E-state index is 0.0660. The molecule has 2 fully saturated rings. The Morgan fingerprint density at radius 1 is 1.19 bits per heavy atom. The molecule has 3 rings (SSSR count). The van der Waals surface area contributed by atoms with Crippen molar-refractivity contribution in [1.29, 1.82) is 0 Å². The van der Waals surface area contributed by atoms with E-state index in [0.29, 0.717) is 10.5 Å². The molecule has 3 heteroatoms. The SMILES string of the molecule is O=C(OC1CCCCC1)C1CC2C=CC1S2. The highest BCUT2D eigenvalue weighted by Crippen LogP contribution is 2.45. The first-order valence-electron chi connectivity index (χ1n) is 6.37. The molecule has 1 aliphatic carbocycles. The average Bonchev–Trinajstić information content (AvgIpc) is 2.92. The third-order valence-corrected chi connectivity index (χ3v) is 5.37. The summed E-state index contributed by atoms with van der Waals surface area (Å²) in [6.07, 6.45) is 11.6. The Hall–Kier alpha value is -0.440. The number of ether oxygens (including phenoxy) is 1. The number of thioether (sulfide) groups is 1. The van der Waals surface area contributed by atoms with Crippen molar-refractivity contribution in [2.24, 2.45) is 5.92 Å². The molecular weight excluding hydrogens is 220 g/mol. The summed E-state index contributed by atoms with van der Waals surface area (Å²) in [4.78, 5) is 12.0. The zero-order valence-corrected chi connectivity index (χ0v) is 10.2. The largest absolute Gasteiger partial charge is 0.462 e. The fourth-order valence-corrected chi connectivity index (χ4v) is 4.44. The Bertz CT molecular complexity index is 307. The maximum absolute atomic E-state index is 12.0. The molecule has 0 radical (unpaired) electrons. The molecule has 0 aromatic carbocycles. The van der Waals surface area contributed by atoms with Crippen LogP contribution in [-0.4, -0.2) is 22.6 Å². The molecular formula is C13H18O2S. The van der Waals surface area contributed by atoms with Gasteiger partial charge in [0.05, 0.1) is 5.92 Å². The van der Waals surface area contributed by atoms with Gasteiger partial charge in [-0.2, -0.15) is 0 Å². The molecule has 2 bridgehead atoms. The van der Waals surface area contributed by atoms with Crippen LogP contribution in [0.1, 0.15) is 38.5 Å². The van der Waals surface area contributed by atoms with Crippen LogP contribution in [-0.2, 0) is 9.53 Å². The molecule has 3 unspecified atom stereocenters. The molecule has 0 N–H and O–H groups in total. The number of carbonyl (C=O) groups is 1. The molecule has 2 aliphatic heterocycles. The van der Waals surface area contributed by atoms with Gasteiger partial charge in [-0.15, -0.1) is 11.8 Å². The van der Waals surface area contributed by atoms with E-state index in [1.807, 2.05) is 11.8 Å². The van der Waals surface area contributed by atoms with Crippen molar-refractivity contribution in [2.75, 3.05) is 0 Å². The van der Waals surface area contributed by atoms with E-state index in [-0.39, 0.29) is 18.0 Å². The van der Waals surface area contributed by atoms with Crippen LogP contribution in [0, 0.1) is 5.92 Å². The van der Waals surface area contributed by atoms with Crippen LogP contribution >= 0.6 is 11.8 Å². The van der Waals surface area contributed by atoms with Crippen LogP contribution in [0.15, 0.2) is 12.2 Å². The Balaban J connectivity index is 1.55. The van der Waals surface area contributed by atoms with Crippen LogP contribution in [0.5, 0.6) is 0 Å². The first kappa shape index (κ1) is 10.7. The topological polar surface area (TPSA) is 26.3 Å². The van der Waals surface area contributed by atoms with E-state index < -0.39 is 0 Å². The third kappa shape index (κ3) is 2.02. The van der Waals surface area contributed by atoms with Gasteiger partial charge in [-0.25, -0.2) is 0 Å². The normalized spacial score (nSPS) is 37.9. The number of carbonyl (C=O) groups excluding carboxylic acids is 1. The van der Waals surface area contributed by atoms with E-state index in [4.69, 9.17) is 4.74 Å². The fourth-order valence-electron chi connectivity index (χ4n) is 2.94. The van der Waals surface area contributed by atoms with Gasteiger partial charge in [0.1, 0.15) is 6.10 Å². The van der Waals surface area contributed by atoms with Crippen molar-refractivity contribution in [2.45, 2.75) is 55.1 Å². The minimum atomic E-state index is 0.0660. The highest BCUT2D eigenvalue weighted by Gasteiger charge is 2.42. The van der Waals surface area contributed by atoms with Gasteiger partial charge in [0, 0.05) is 10.5 Å². The van der Waals surface area contributed by atoms with E-state index >= 15 is 0 Å².